The number of aromatic amines is 1. The summed E-state index contributed by atoms with van der Waals surface area (Å²) in [6, 6.07) is 4.64. The zero-order chi connectivity index (χ0) is 10.8. The fourth-order valence-electron chi connectivity index (χ4n) is 1.65. The van der Waals surface area contributed by atoms with E-state index in [0.29, 0.717) is 6.04 Å². The second-order valence-electron chi connectivity index (χ2n) is 4.11. The standard InChI is InChI=1S/C12H14N4/c1-2-10(1)15-8-12-14-6-4-11(16-12)9-3-5-13-7-9/h3-7,10,13,15H,1-2,8H2. The Balaban J connectivity index is 1.76. The van der Waals surface area contributed by atoms with E-state index in [1.54, 1.807) is 0 Å². The quantitative estimate of drug-likeness (QED) is 0.814. The molecule has 1 aliphatic rings. The lowest BCUT2D eigenvalue weighted by atomic mass is 10.2. The van der Waals surface area contributed by atoms with Crippen molar-refractivity contribution in [2.24, 2.45) is 0 Å². The van der Waals surface area contributed by atoms with Crippen molar-refractivity contribution in [3.8, 4) is 11.3 Å². The molecule has 4 heteroatoms. The molecule has 0 amide bonds. The lowest BCUT2D eigenvalue weighted by molar-refractivity contribution is 0.658. The third-order valence-corrected chi connectivity index (χ3v) is 2.73. The van der Waals surface area contributed by atoms with Crippen molar-refractivity contribution in [3.63, 3.8) is 0 Å². The predicted octanol–water partition coefficient (Wildman–Crippen LogP) is 1.72. The van der Waals surface area contributed by atoms with E-state index >= 15 is 0 Å². The van der Waals surface area contributed by atoms with Crippen molar-refractivity contribution < 1.29 is 0 Å². The highest BCUT2D eigenvalue weighted by Gasteiger charge is 2.20. The van der Waals surface area contributed by atoms with Gasteiger partial charge in [0.25, 0.3) is 0 Å². The van der Waals surface area contributed by atoms with Crippen molar-refractivity contribution in [2.45, 2.75) is 25.4 Å². The number of rotatable bonds is 4. The summed E-state index contributed by atoms with van der Waals surface area (Å²) in [5, 5.41) is 3.41. The summed E-state index contributed by atoms with van der Waals surface area (Å²) in [6.07, 6.45) is 8.24. The first kappa shape index (κ1) is 9.54. The smallest absolute Gasteiger partial charge is 0.142 e. The highest BCUT2D eigenvalue weighted by Crippen LogP contribution is 2.19. The average molecular weight is 214 g/mol. The maximum atomic E-state index is 4.52. The molecule has 4 nitrogen and oxygen atoms in total. The second-order valence-corrected chi connectivity index (χ2v) is 4.11. The third kappa shape index (κ3) is 2.12. The molecule has 2 aromatic heterocycles. The van der Waals surface area contributed by atoms with Crippen LogP contribution in [0, 0.1) is 0 Å². The molecule has 2 heterocycles. The van der Waals surface area contributed by atoms with Gasteiger partial charge in [-0.2, -0.15) is 0 Å². The molecule has 2 N–H and O–H groups in total. The van der Waals surface area contributed by atoms with E-state index in [0.717, 1.165) is 23.6 Å². The molecule has 0 aliphatic heterocycles. The van der Waals surface area contributed by atoms with E-state index in [9.17, 15) is 0 Å². The normalized spacial score (nSPS) is 15.2. The van der Waals surface area contributed by atoms with Gasteiger partial charge in [0.2, 0.25) is 0 Å². The first-order chi connectivity index (χ1) is 7.92. The van der Waals surface area contributed by atoms with Crippen LogP contribution in [-0.4, -0.2) is 21.0 Å². The number of nitrogens with zero attached hydrogens (tertiary/aromatic N) is 2. The lowest BCUT2D eigenvalue weighted by Crippen LogP contribution is -2.17. The molecule has 0 unspecified atom stereocenters. The molecule has 0 atom stereocenters. The zero-order valence-corrected chi connectivity index (χ0v) is 8.98. The Labute approximate surface area is 94.1 Å². The first-order valence-electron chi connectivity index (χ1n) is 5.60. The summed E-state index contributed by atoms with van der Waals surface area (Å²) in [6.45, 7) is 0.767. The third-order valence-electron chi connectivity index (χ3n) is 2.73. The molecule has 0 bridgehead atoms. The van der Waals surface area contributed by atoms with Crippen LogP contribution in [0.25, 0.3) is 11.3 Å². The van der Waals surface area contributed by atoms with Crippen LogP contribution in [0.4, 0.5) is 0 Å². The second kappa shape index (κ2) is 4.06. The van der Waals surface area contributed by atoms with Crippen LogP contribution in [0.1, 0.15) is 18.7 Å². The molecule has 1 saturated carbocycles. The Morgan fingerprint density at radius 3 is 3.06 bits per heavy atom. The van der Waals surface area contributed by atoms with Crippen molar-refractivity contribution in [1.82, 2.24) is 20.3 Å². The first-order valence-corrected chi connectivity index (χ1v) is 5.60. The lowest BCUT2D eigenvalue weighted by Gasteiger charge is -2.03. The number of H-pyrrole nitrogens is 1. The summed E-state index contributed by atoms with van der Waals surface area (Å²) < 4.78 is 0. The maximum absolute atomic E-state index is 4.52. The van der Waals surface area contributed by atoms with Crippen LogP contribution in [0.5, 0.6) is 0 Å². The van der Waals surface area contributed by atoms with Crippen molar-refractivity contribution in [1.29, 1.82) is 0 Å². The van der Waals surface area contributed by atoms with Gasteiger partial charge in [0.1, 0.15) is 5.82 Å². The Bertz CT molecular complexity index is 460. The highest BCUT2D eigenvalue weighted by atomic mass is 15.0. The van der Waals surface area contributed by atoms with E-state index in [1.807, 2.05) is 30.7 Å². The summed E-state index contributed by atoms with van der Waals surface area (Å²) in [7, 11) is 0. The van der Waals surface area contributed by atoms with E-state index in [4.69, 9.17) is 0 Å². The van der Waals surface area contributed by atoms with Crippen LogP contribution in [0.2, 0.25) is 0 Å². The van der Waals surface area contributed by atoms with Gasteiger partial charge in [-0.1, -0.05) is 0 Å². The maximum Gasteiger partial charge on any atom is 0.142 e. The van der Waals surface area contributed by atoms with Crippen LogP contribution in [0.15, 0.2) is 30.7 Å². The Kier molecular flexibility index (Phi) is 2.42. The van der Waals surface area contributed by atoms with Gasteiger partial charge in [-0.05, 0) is 25.0 Å². The van der Waals surface area contributed by atoms with Crippen LogP contribution in [0.3, 0.4) is 0 Å². The fourth-order valence-corrected chi connectivity index (χ4v) is 1.65. The summed E-state index contributed by atoms with van der Waals surface area (Å²) in [4.78, 5) is 11.8. The Morgan fingerprint density at radius 2 is 2.31 bits per heavy atom. The van der Waals surface area contributed by atoms with E-state index in [-0.39, 0.29) is 0 Å². The minimum atomic E-state index is 0.694. The molecule has 16 heavy (non-hydrogen) atoms. The van der Waals surface area contributed by atoms with Gasteiger partial charge in [0.15, 0.2) is 0 Å². The van der Waals surface area contributed by atoms with Gasteiger partial charge in [0.05, 0.1) is 12.2 Å². The van der Waals surface area contributed by atoms with Gasteiger partial charge < -0.3 is 10.3 Å². The van der Waals surface area contributed by atoms with E-state index in [1.165, 1.54) is 12.8 Å². The van der Waals surface area contributed by atoms with Crippen molar-refractivity contribution in [2.75, 3.05) is 0 Å². The summed E-state index contributed by atoms with van der Waals surface area (Å²) >= 11 is 0. The number of hydrogen-bond donors (Lipinski definition) is 2. The minimum Gasteiger partial charge on any atom is -0.367 e. The molecule has 1 aliphatic carbocycles. The molecule has 2 aromatic rings. The predicted molar refractivity (Wildman–Crippen MR) is 61.7 cm³/mol. The molecule has 82 valence electrons. The largest absolute Gasteiger partial charge is 0.367 e. The molecular formula is C12H14N4. The number of aromatic nitrogens is 3. The van der Waals surface area contributed by atoms with Gasteiger partial charge >= 0.3 is 0 Å². The molecule has 3 rings (SSSR count). The highest BCUT2D eigenvalue weighted by molar-refractivity contribution is 5.57. The van der Waals surface area contributed by atoms with E-state index < -0.39 is 0 Å². The monoisotopic (exact) mass is 214 g/mol. The molecule has 0 radical (unpaired) electrons. The van der Waals surface area contributed by atoms with Gasteiger partial charge in [-0.15, -0.1) is 0 Å². The molecule has 0 saturated heterocycles. The van der Waals surface area contributed by atoms with Crippen LogP contribution >= 0.6 is 0 Å². The number of hydrogen-bond acceptors (Lipinski definition) is 3. The zero-order valence-electron chi connectivity index (χ0n) is 8.98. The Morgan fingerprint density at radius 1 is 1.38 bits per heavy atom. The summed E-state index contributed by atoms with van der Waals surface area (Å²) in [5.74, 6) is 0.866. The SMILES string of the molecule is c1cc(-c2cc[nH]c2)nc(CNC2CC2)n1. The van der Waals surface area contributed by atoms with Gasteiger partial charge in [-0.25, -0.2) is 9.97 Å². The summed E-state index contributed by atoms with van der Waals surface area (Å²) in [5.41, 5.74) is 2.08. The fraction of sp³-hybridized carbons (Fsp3) is 0.333. The van der Waals surface area contributed by atoms with Gasteiger partial charge in [-0.3, -0.25) is 0 Å². The molecule has 0 spiro atoms. The van der Waals surface area contributed by atoms with Crippen LogP contribution in [-0.2, 0) is 6.54 Å². The molecule has 1 fully saturated rings. The van der Waals surface area contributed by atoms with Crippen molar-refractivity contribution in [3.05, 3.63) is 36.5 Å². The minimum absolute atomic E-state index is 0.694. The molecule has 0 aromatic carbocycles. The van der Waals surface area contributed by atoms with Gasteiger partial charge in [0, 0.05) is 30.2 Å². The Hall–Kier alpha value is -1.68. The number of nitrogens with one attached hydrogen (secondary N) is 2. The average Bonchev–Trinajstić information content (AvgIpc) is 2.99. The van der Waals surface area contributed by atoms with Crippen LogP contribution < -0.4 is 5.32 Å². The van der Waals surface area contributed by atoms with Crippen molar-refractivity contribution >= 4 is 0 Å². The topological polar surface area (TPSA) is 53.6 Å². The molecular weight excluding hydrogens is 200 g/mol. The van der Waals surface area contributed by atoms with E-state index in [2.05, 4.69) is 20.3 Å².